The fourth-order valence-corrected chi connectivity index (χ4v) is 2.09. The molecule has 0 aliphatic carbocycles. The molecule has 2 rings (SSSR count). The number of halogens is 3. The lowest BCUT2D eigenvalue weighted by Gasteiger charge is -2.13. The highest BCUT2D eigenvalue weighted by atomic mass is 19.4. The first-order valence-electron chi connectivity index (χ1n) is 5.40. The summed E-state index contributed by atoms with van der Waals surface area (Å²) >= 11 is 0. The summed E-state index contributed by atoms with van der Waals surface area (Å²) in [6.45, 7) is 2.09. The smallest absolute Gasteiger partial charge is 0.307 e. The van der Waals surface area contributed by atoms with Crippen molar-refractivity contribution < 1.29 is 13.2 Å². The van der Waals surface area contributed by atoms with Crippen LogP contribution in [0.5, 0.6) is 0 Å². The number of nitrogens with one attached hydrogen (secondary N) is 1. The molecule has 1 aliphatic heterocycles. The van der Waals surface area contributed by atoms with E-state index in [1.807, 2.05) is 0 Å². The van der Waals surface area contributed by atoms with Crippen molar-refractivity contribution in [2.24, 2.45) is 0 Å². The van der Waals surface area contributed by atoms with E-state index in [-0.39, 0.29) is 6.04 Å². The third-order valence-corrected chi connectivity index (χ3v) is 3.01. The molecule has 16 heavy (non-hydrogen) atoms. The summed E-state index contributed by atoms with van der Waals surface area (Å²) in [5.74, 6) is 0. The quantitative estimate of drug-likeness (QED) is 0.777. The Morgan fingerprint density at radius 3 is 2.19 bits per heavy atom. The molecule has 1 aliphatic rings. The van der Waals surface area contributed by atoms with E-state index in [9.17, 15) is 13.2 Å². The summed E-state index contributed by atoms with van der Waals surface area (Å²) in [6.07, 6.45) is -2.17. The first-order chi connectivity index (χ1) is 7.47. The number of alkyl halides is 3. The number of hydrogen-bond acceptors (Lipinski definition) is 1. The molecule has 1 heterocycles. The van der Waals surface area contributed by atoms with Crippen molar-refractivity contribution in [2.75, 3.05) is 0 Å². The van der Waals surface area contributed by atoms with E-state index in [1.165, 1.54) is 0 Å². The van der Waals surface area contributed by atoms with Crippen LogP contribution in [0.3, 0.4) is 0 Å². The number of rotatable bonds is 1. The molecule has 1 aromatic carbocycles. The van der Waals surface area contributed by atoms with Gasteiger partial charge in [0, 0.05) is 12.1 Å². The second kappa shape index (κ2) is 4.09. The van der Waals surface area contributed by atoms with Crippen molar-refractivity contribution >= 4 is 0 Å². The molecule has 0 radical (unpaired) electrons. The molecule has 88 valence electrons. The van der Waals surface area contributed by atoms with Crippen LogP contribution in [0.15, 0.2) is 24.3 Å². The molecule has 2 atom stereocenters. The van der Waals surface area contributed by atoms with Crippen molar-refractivity contribution in [1.82, 2.24) is 5.32 Å². The maximum absolute atomic E-state index is 12.3. The largest absolute Gasteiger partial charge is 0.416 e. The molecule has 4 heteroatoms. The first-order valence-corrected chi connectivity index (χ1v) is 5.40. The van der Waals surface area contributed by atoms with Gasteiger partial charge in [-0.25, -0.2) is 0 Å². The van der Waals surface area contributed by atoms with E-state index in [2.05, 4.69) is 12.2 Å². The minimum Gasteiger partial charge on any atom is -0.307 e. The van der Waals surface area contributed by atoms with Crippen LogP contribution in [0, 0.1) is 0 Å². The monoisotopic (exact) mass is 229 g/mol. The summed E-state index contributed by atoms with van der Waals surface area (Å²) in [7, 11) is 0. The van der Waals surface area contributed by atoms with E-state index >= 15 is 0 Å². The van der Waals surface area contributed by atoms with Crippen LogP contribution >= 0.6 is 0 Å². The molecule has 1 nitrogen and oxygen atoms in total. The van der Waals surface area contributed by atoms with Crippen LogP contribution in [0.4, 0.5) is 13.2 Å². The average molecular weight is 229 g/mol. The van der Waals surface area contributed by atoms with Crippen molar-refractivity contribution in [1.29, 1.82) is 0 Å². The van der Waals surface area contributed by atoms with Gasteiger partial charge in [0.1, 0.15) is 0 Å². The van der Waals surface area contributed by atoms with Gasteiger partial charge in [-0.15, -0.1) is 0 Å². The van der Waals surface area contributed by atoms with Gasteiger partial charge in [0.2, 0.25) is 0 Å². The zero-order valence-electron chi connectivity index (χ0n) is 9.01. The van der Waals surface area contributed by atoms with Crippen LogP contribution in [0.2, 0.25) is 0 Å². The Balaban J connectivity index is 2.14. The van der Waals surface area contributed by atoms with Gasteiger partial charge in [0.25, 0.3) is 0 Å². The maximum Gasteiger partial charge on any atom is 0.416 e. The van der Waals surface area contributed by atoms with Crippen molar-refractivity contribution in [3.8, 4) is 0 Å². The van der Waals surface area contributed by atoms with Crippen LogP contribution in [0.25, 0.3) is 0 Å². The Labute approximate surface area is 92.7 Å². The molecule has 0 aromatic heterocycles. The van der Waals surface area contributed by atoms with Gasteiger partial charge in [0.05, 0.1) is 5.56 Å². The van der Waals surface area contributed by atoms with Crippen molar-refractivity contribution in [2.45, 2.75) is 38.0 Å². The Bertz CT molecular complexity index is 356. The van der Waals surface area contributed by atoms with Gasteiger partial charge >= 0.3 is 6.18 Å². The molecule has 1 aromatic rings. The molecule has 1 N–H and O–H groups in total. The highest BCUT2D eigenvalue weighted by Gasteiger charge is 2.30. The topological polar surface area (TPSA) is 12.0 Å². The zero-order chi connectivity index (χ0) is 11.8. The highest BCUT2D eigenvalue weighted by molar-refractivity contribution is 5.27. The van der Waals surface area contributed by atoms with Gasteiger partial charge in [-0.1, -0.05) is 12.1 Å². The van der Waals surface area contributed by atoms with Crippen molar-refractivity contribution in [3.05, 3.63) is 35.4 Å². The number of hydrogen-bond donors (Lipinski definition) is 1. The Morgan fingerprint density at radius 2 is 1.75 bits per heavy atom. The van der Waals surface area contributed by atoms with Crippen LogP contribution < -0.4 is 5.32 Å². The Hall–Kier alpha value is -1.03. The second-order valence-corrected chi connectivity index (χ2v) is 4.32. The molecule has 0 amide bonds. The average Bonchev–Trinajstić information content (AvgIpc) is 2.64. The summed E-state index contributed by atoms with van der Waals surface area (Å²) in [5.41, 5.74) is 0.361. The van der Waals surface area contributed by atoms with Gasteiger partial charge in [0.15, 0.2) is 0 Å². The third-order valence-electron chi connectivity index (χ3n) is 3.01. The lowest BCUT2D eigenvalue weighted by molar-refractivity contribution is -0.137. The first kappa shape index (κ1) is 11.5. The SMILES string of the molecule is CC1CCC(c2ccc(C(F)(F)F)cc2)N1. The standard InChI is InChI=1S/C12H14F3N/c1-8-2-7-11(16-8)9-3-5-10(6-4-9)12(13,14)15/h3-6,8,11,16H,2,7H2,1H3. The second-order valence-electron chi connectivity index (χ2n) is 4.32. The minimum atomic E-state index is -4.24. The van der Waals surface area contributed by atoms with Gasteiger partial charge < -0.3 is 5.32 Å². The Kier molecular flexibility index (Phi) is 2.93. The molecule has 0 bridgehead atoms. The molecular formula is C12H14F3N. The minimum absolute atomic E-state index is 0.206. The van der Waals surface area contributed by atoms with Crippen LogP contribution in [-0.4, -0.2) is 6.04 Å². The molecule has 2 unspecified atom stereocenters. The van der Waals surface area contributed by atoms with E-state index in [4.69, 9.17) is 0 Å². The molecule has 1 fully saturated rings. The predicted molar refractivity (Wildman–Crippen MR) is 56.0 cm³/mol. The lowest BCUT2D eigenvalue weighted by Crippen LogP contribution is -2.20. The number of benzene rings is 1. The fourth-order valence-electron chi connectivity index (χ4n) is 2.09. The van der Waals surface area contributed by atoms with Crippen LogP contribution in [-0.2, 0) is 6.18 Å². The van der Waals surface area contributed by atoms with Gasteiger partial charge in [-0.05, 0) is 37.5 Å². The summed E-state index contributed by atoms with van der Waals surface area (Å²) in [4.78, 5) is 0. The summed E-state index contributed by atoms with van der Waals surface area (Å²) < 4.78 is 37.0. The van der Waals surface area contributed by atoms with Gasteiger partial charge in [-0.2, -0.15) is 13.2 Å². The van der Waals surface area contributed by atoms with Crippen LogP contribution in [0.1, 0.15) is 36.9 Å². The van der Waals surface area contributed by atoms with Gasteiger partial charge in [-0.3, -0.25) is 0 Å². The molecule has 0 saturated carbocycles. The fraction of sp³-hybridized carbons (Fsp3) is 0.500. The lowest BCUT2D eigenvalue weighted by atomic mass is 10.0. The molecular weight excluding hydrogens is 215 g/mol. The normalized spacial score (nSPS) is 26.0. The van der Waals surface area contributed by atoms with E-state index in [0.717, 1.165) is 30.5 Å². The zero-order valence-corrected chi connectivity index (χ0v) is 9.01. The molecule has 1 saturated heterocycles. The van der Waals surface area contributed by atoms with Crippen molar-refractivity contribution in [3.63, 3.8) is 0 Å². The Morgan fingerprint density at radius 1 is 1.12 bits per heavy atom. The molecule has 0 spiro atoms. The summed E-state index contributed by atoms with van der Waals surface area (Å²) in [5, 5.41) is 3.35. The van der Waals surface area contributed by atoms with E-state index in [0.29, 0.717) is 6.04 Å². The van der Waals surface area contributed by atoms with E-state index < -0.39 is 11.7 Å². The van der Waals surface area contributed by atoms with E-state index in [1.54, 1.807) is 12.1 Å². The predicted octanol–water partition coefficient (Wildman–Crippen LogP) is 3.52. The summed E-state index contributed by atoms with van der Waals surface area (Å²) in [6, 6.07) is 6.10. The maximum atomic E-state index is 12.3. The third kappa shape index (κ3) is 2.38. The highest BCUT2D eigenvalue weighted by Crippen LogP contribution is 2.31.